The number of benzene rings is 1. The molecule has 120 valence electrons. The van der Waals surface area contributed by atoms with Gasteiger partial charge in [0.1, 0.15) is 0 Å². The molecule has 5 heteroatoms. The van der Waals surface area contributed by atoms with Gasteiger partial charge in [-0.15, -0.1) is 0 Å². The van der Waals surface area contributed by atoms with Gasteiger partial charge in [0.25, 0.3) is 0 Å². The van der Waals surface area contributed by atoms with Gasteiger partial charge in [-0.25, -0.2) is 0 Å². The summed E-state index contributed by atoms with van der Waals surface area (Å²) < 4.78 is 5.43. The Morgan fingerprint density at radius 1 is 1.10 bits per heavy atom. The van der Waals surface area contributed by atoms with Gasteiger partial charge in [-0.2, -0.15) is 0 Å². The van der Waals surface area contributed by atoms with Crippen LogP contribution in [0.3, 0.4) is 0 Å². The Hall–Kier alpha value is -0.480. The Morgan fingerprint density at radius 3 is 2.24 bits per heavy atom. The Balaban J connectivity index is 2.39. The first-order valence-corrected chi connectivity index (χ1v) is 8.41. The van der Waals surface area contributed by atoms with Crippen molar-refractivity contribution in [2.45, 2.75) is 33.7 Å². The molecule has 0 aliphatic carbocycles. The minimum absolute atomic E-state index is 0.558. The molecule has 0 aliphatic rings. The number of hydrogen-bond acceptors (Lipinski definition) is 3. The number of ether oxygens (including phenoxy) is 1. The van der Waals surface area contributed by atoms with E-state index in [1.807, 2.05) is 19.1 Å². The smallest absolute Gasteiger partial charge is 0.156 e. The number of halogens is 2. The highest BCUT2D eigenvalue weighted by Gasteiger charge is 2.09. The van der Waals surface area contributed by atoms with Crippen molar-refractivity contribution in [2.24, 2.45) is 0 Å². The molecule has 0 amide bonds. The molecule has 0 heterocycles. The van der Waals surface area contributed by atoms with Gasteiger partial charge < -0.3 is 15.0 Å². The van der Waals surface area contributed by atoms with E-state index in [-0.39, 0.29) is 0 Å². The van der Waals surface area contributed by atoms with Gasteiger partial charge in [0.05, 0.1) is 16.7 Å². The van der Waals surface area contributed by atoms with Crippen LogP contribution in [0.15, 0.2) is 12.1 Å². The fourth-order valence-corrected chi connectivity index (χ4v) is 2.84. The average molecular weight is 333 g/mol. The maximum atomic E-state index is 6.19. The maximum absolute atomic E-state index is 6.19. The highest BCUT2D eigenvalue weighted by molar-refractivity contribution is 6.37. The second-order valence-corrected chi connectivity index (χ2v) is 5.69. The highest BCUT2D eigenvalue weighted by Crippen LogP contribution is 2.34. The second-order valence-electron chi connectivity index (χ2n) is 4.88. The minimum Gasteiger partial charge on any atom is -0.491 e. The van der Waals surface area contributed by atoms with E-state index in [1.54, 1.807) is 0 Å². The van der Waals surface area contributed by atoms with Crippen LogP contribution in [-0.4, -0.2) is 37.7 Å². The molecule has 1 N–H and O–H groups in total. The van der Waals surface area contributed by atoms with Gasteiger partial charge in [0.15, 0.2) is 5.75 Å². The van der Waals surface area contributed by atoms with E-state index < -0.39 is 0 Å². The van der Waals surface area contributed by atoms with Gasteiger partial charge in [-0.1, -0.05) is 37.0 Å². The quantitative estimate of drug-likeness (QED) is 0.649. The molecule has 0 atom stereocenters. The van der Waals surface area contributed by atoms with E-state index in [2.05, 4.69) is 24.1 Å². The molecular weight excluding hydrogens is 307 g/mol. The lowest BCUT2D eigenvalue weighted by molar-refractivity contribution is 0.298. The molecule has 0 bridgehead atoms. The topological polar surface area (TPSA) is 24.5 Å². The molecule has 0 aromatic heterocycles. The summed E-state index contributed by atoms with van der Waals surface area (Å²) in [5.41, 5.74) is 1.08. The van der Waals surface area contributed by atoms with E-state index in [1.165, 1.54) is 0 Å². The summed E-state index contributed by atoms with van der Waals surface area (Å²) in [7, 11) is 0. The van der Waals surface area contributed by atoms with E-state index in [9.17, 15) is 0 Å². The summed E-state index contributed by atoms with van der Waals surface area (Å²) >= 11 is 12.4. The van der Waals surface area contributed by atoms with Crippen molar-refractivity contribution < 1.29 is 4.74 Å². The zero-order valence-electron chi connectivity index (χ0n) is 13.2. The molecule has 3 nitrogen and oxygen atoms in total. The summed E-state index contributed by atoms with van der Waals surface area (Å²) in [5, 5.41) is 4.57. The Bertz CT molecular complexity index is 400. The van der Waals surface area contributed by atoms with Gasteiger partial charge >= 0.3 is 0 Å². The van der Waals surface area contributed by atoms with Crippen molar-refractivity contribution in [1.29, 1.82) is 0 Å². The summed E-state index contributed by atoms with van der Waals surface area (Å²) in [6, 6.07) is 3.83. The summed E-state index contributed by atoms with van der Waals surface area (Å²) in [6.07, 6.45) is 1.14. The minimum atomic E-state index is 0.558. The van der Waals surface area contributed by atoms with Crippen LogP contribution in [0.5, 0.6) is 5.75 Å². The second kappa shape index (κ2) is 10.3. The van der Waals surface area contributed by atoms with E-state index in [4.69, 9.17) is 27.9 Å². The van der Waals surface area contributed by atoms with Crippen molar-refractivity contribution >= 4 is 23.2 Å². The number of nitrogens with zero attached hydrogens (tertiary/aromatic N) is 1. The monoisotopic (exact) mass is 332 g/mol. The van der Waals surface area contributed by atoms with Crippen LogP contribution in [-0.2, 0) is 6.54 Å². The van der Waals surface area contributed by atoms with Crippen LogP contribution in [0.2, 0.25) is 10.0 Å². The van der Waals surface area contributed by atoms with Gasteiger partial charge in [0, 0.05) is 6.54 Å². The lowest BCUT2D eigenvalue weighted by Gasteiger charge is -2.17. The van der Waals surface area contributed by atoms with Crippen LogP contribution >= 0.6 is 23.2 Å². The summed E-state index contributed by atoms with van der Waals surface area (Å²) in [4.78, 5) is 2.42. The lowest BCUT2D eigenvalue weighted by atomic mass is 10.2. The highest BCUT2D eigenvalue weighted by atomic mass is 35.5. The average Bonchev–Trinajstić information content (AvgIpc) is 2.47. The fourth-order valence-electron chi connectivity index (χ4n) is 2.20. The van der Waals surface area contributed by atoms with E-state index in [0.29, 0.717) is 22.4 Å². The van der Waals surface area contributed by atoms with Gasteiger partial charge in [0.2, 0.25) is 0 Å². The van der Waals surface area contributed by atoms with E-state index >= 15 is 0 Å². The molecule has 0 saturated heterocycles. The zero-order valence-corrected chi connectivity index (χ0v) is 14.7. The SMILES string of the molecule is CCOc1c(Cl)cc(CNCCCN(CC)CC)cc1Cl. The fraction of sp³-hybridized carbons (Fsp3) is 0.625. The number of nitrogens with one attached hydrogen (secondary N) is 1. The van der Waals surface area contributed by atoms with Crippen molar-refractivity contribution in [2.75, 3.05) is 32.8 Å². The van der Waals surface area contributed by atoms with Crippen LogP contribution in [0.1, 0.15) is 32.8 Å². The molecule has 0 spiro atoms. The molecule has 0 unspecified atom stereocenters. The molecule has 1 aromatic carbocycles. The van der Waals surface area contributed by atoms with Crippen LogP contribution in [0.4, 0.5) is 0 Å². The van der Waals surface area contributed by atoms with E-state index in [0.717, 1.165) is 44.7 Å². The molecule has 0 radical (unpaired) electrons. The number of rotatable bonds is 10. The Labute approximate surface area is 138 Å². The summed E-state index contributed by atoms with van der Waals surface area (Å²) in [6.45, 7) is 12.0. The first-order valence-electron chi connectivity index (χ1n) is 7.66. The van der Waals surface area contributed by atoms with Crippen molar-refractivity contribution in [3.8, 4) is 5.75 Å². The van der Waals surface area contributed by atoms with Gasteiger partial charge in [-0.3, -0.25) is 0 Å². The number of hydrogen-bond donors (Lipinski definition) is 1. The molecular formula is C16H26Cl2N2O. The van der Waals surface area contributed by atoms with Crippen LogP contribution < -0.4 is 10.1 Å². The van der Waals surface area contributed by atoms with Crippen molar-refractivity contribution in [3.05, 3.63) is 27.7 Å². The van der Waals surface area contributed by atoms with Gasteiger partial charge in [-0.05, 0) is 57.2 Å². The molecule has 0 saturated carbocycles. The molecule has 0 aliphatic heterocycles. The zero-order chi connectivity index (χ0) is 15.7. The summed E-state index contributed by atoms with van der Waals surface area (Å²) in [5.74, 6) is 0.575. The standard InChI is InChI=1S/C16H26Cl2N2O/c1-4-20(5-2)9-7-8-19-12-13-10-14(17)16(21-6-3)15(18)11-13/h10-11,19H,4-9,12H2,1-3H3. The first-order chi connectivity index (χ1) is 10.1. The predicted octanol–water partition coefficient (Wildman–Crippen LogP) is 4.21. The lowest BCUT2D eigenvalue weighted by Crippen LogP contribution is -2.27. The Morgan fingerprint density at radius 2 is 1.71 bits per heavy atom. The molecule has 21 heavy (non-hydrogen) atoms. The van der Waals surface area contributed by atoms with Crippen molar-refractivity contribution in [1.82, 2.24) is 10.2 Å². The third-order valence-corrected chi connectivity index (χ3v) is 3.96. The van der Waals surface area contributed by atoms with Crippen LogP contribution in [0, 0.1) is 0 Å². The Kier molecular flexibility index (Phi) is 9.09. The molecule has 1 aromatic rings. The first kappa shape index (κ1) is 18.6. The third kappa shape index (κ3) is 6.43. The third-order valence-electron chi connectivity index (χ3n) is 3.40. The van der Waals surface area contributed by atoms with Crippen molar-refractivity contribution in [3.63, 3.8) is 0 Å². The predicted molar refractivity (Wildman–Crippen MR) is 91.7 cm³/mol. The molecule has 0 fully saturated rings. The van der Waals surface area contributed by atoms with Crippen LogP contribution in [0.25, 0.3) is 0 Å². The maximum Gasteiger partial charge on any atom is 0.156 e. The molecule has 1 rings (SSSR count). The largest absolute Gasteiger partial charge is 0.491 e. The normalized spacial score (nSPS) is 11.1.